The zero-order chi connectivity index (χ0) is 11.9. The summed E-state index contributed by atoms with van der Waals surface area (Å²) in [7, 11) is -2.99. The zero-order valence-electron chi connectivity index (χ0n) is 11.4. The van der Waals surface area contributed by atoms with Gasteiger partial charge in [0.1, 0.15) is 19.5 Å². The van der Waals surface area contributed by atoms with Gasteiger partial charge in [0.05, 0.1) is 0 Å². The molecule has 0 spiro atoms. The summed E-state index contributed by atoms with van der Waals surface area (Å²) in [5.41, 5.74) is 0. The Morgan fingerprint density at radius 3 is 2.00 bits per heavy atom. The molecule has 0 fully saturated rings. The predicted molar refractivity (Wildman–Crippen MR) is 80.2 cm³/mol. The van der Waals surface area contributed by atoms with Crippen molar-refractivity contribution < 1.29 is 8.23 Å². The number of rotatable bonds is 8. The maximum Gasteiger partial charge on any atom is 0.172 e. The van der Waals surface area contributed by atoms with Crippen LogP contribution in [0.1, 0.15) is 6.92 Å². The lowest BCUT2D eigenvalue weighted by atomic mass is 10.9. The molecule has 2 nitrogen and oxygen atoms in total. The van der Waals surface area contributed by atoms with E-state index < -0.39 is 16.6 Å². The predicted octanol–water partition coefficient (Wildman–Crippen LogP) is 2.08. The van der Waals surface area contributed by atoms with Crippen molar-refractivity contribution in [3.05, 3.63) is 0 Å². The average molecular weight is 281 g/mol. The monoisotopic (exact) mass is 280 g/mol. The lowest BCUT2D eigenvalue weighted by Crippen LogP contribution is -2.33. The fraction of sp³-hybridized carbons (Fsp3) is 1.00. The fourth-order valence-corrected chi connectivity index (χ4v) is 11.9. The largest absolute Gasteiger partial charge is 0.461 e. The Bertz CT molecular complexity index is 168. The normalized spacial score (nSPS) is 14.8. The first kappa shape index (κ1) is 15.8. The first-order valence-corrected chi connectivity index (χ1v) is 15.7. The third-order valence-corrected chi connectivity index (χ3v) is 13.7. The molecular weight excluding hydrogens is 252 g/mol. The minimum atomic E-state index is -1.29. The van der Waals surface area contributed by atoms with Crippen LogP contribution in [0.3, 0.4) is 0 Å². The highest BCUT2D eigenvalue weighted by Crippen LogP contribution is 2.14. The van der Waals surface area contributed by atoms with E-state index in [1.807, 2.05) is 0 Å². The molecule has 0 aromatic carbocycles. The molecule has 0 rings (SSSR count). The summed E-state index contributed by atoms with van der Waals surface area (Å²) in [4.78, 5) is 0. The number of hydrogen-bond acceptors (Lipinski definition) is 2. The molecule has 92 valence electrons. The summed E-state index contributed by atoms with van der Waals surface area (Å²) in [6, 6.07) is 3.91. The summed E-state index contributed by atoms with van der Waals surface area (Å²) in [5, 5.41) is 0. The molecule has 0 atom stereocenters. The molecule has 0 aromatic heterocycles. The van der Waals surface area contributed by atoms with Gasteiger partial charge in [-0.3, -0.25) is 0 Å². The van der Waals surface area contributed by atoms with Crippen molar-refractivity contribution in [3.63, 3.8) is 0 Å². The van der Waals surface area contributed by atoms with Crippen LogP contribution < -0.4 is 0 Å². The molecule has 6 heteroatoms. The van der Waals surface area contributed by atoms with Crippen LogP contribution in [0.4, 0.5) is 0 Å². The lowest BCUT2D eigenvalue weighted by molar-refractivity contribution is 0.576. The molecule has 0 unspecified atom stereocenters. The highest BCUT2D eigenvalue weighted by molar-refractivity contribution is 6.76. The maximum atomic E-state index is 6.07. The van der Waals surface area contributed by atoms with Gasteiger partial charge in [-0.15, -0.1) is 0 Å². The second-order valence-electron chi connectivity index (χ2n) is 5.67. The van der Waals surface area contributed by atoms with Crippen molar-refractivity contribution >= 4 is 36.2 Å². The first-order chi connectivity index (χ1) is 6.77. The molecule has 0 radical (unpaired) electrons. The topological polar surface area (TPSA) is 18.5 Å². The smallest absolute Gasteiger partial charge is 0.172 e. The van der Waals surface area contributed by atoms with Gasteiger partial charge in [-0.1, -0.05) is 6.92 Å². The van der Waals surface area contributed by atoms with E-state index >= 15 is 0 Å². The Kier molecular flexibility index (Phi) is 7.56. The maximum absolute atomic E-state index is 6.07. The van der Waals surface area contributed by atoms with Crippen molar-refractivity contribution in [2.24, 2.45) is 0 Å². The van der Waals surface area contributed by atoms with E-state index in [-0.39, 0.29) is 19.5 Å². The van der Waals surface area contributed by atoms with Crippen LogP contribution in [0, 0.1) is 0 Å². The molecule has 0 N–H and O–H groups in total. The second-order valence-corrected chi connectivity index (χ2v) is 18.7. The zero-order valence-corrected chi connectivity index (χ0v) is 16.2. The van der Waals surface area contributed by atoms with Crippen molar-refractivity contribution in [2.45, 2.75) is 57.8 Å². The Balaban J connectivity index is 3.57. The van der Waals surface area contributed by atoms with E-state index in [4.69, 9.17) is 8.23 Å². The van der Waals surface area contributed by atoms with E-state index in [0.717, 1.165) is 0 Å². The molecule has 0 aromatic rings. The minimum Gasteiger partial charge on any atom is -0.461 e. The van der Waals surface area contributed by atoms with Gasteiger partial charge in [0.15, 0.2) is 16.6 Å². The fourth-order valence-electron chi connectivity index (χ4n) is 1.33. The first-order valence-electron chi connectivity index (χ1n) is 6.05. The summed E-state index contributed by atoms with van der Waals surface area (Å²) < 4.78 is 12.1. The summed E-state index contributed by atoms with van der Waals surface area (Å²) in [6.07, 6.45) is 0. The third kappa shape index (κ3) is 11.1. The van der Waals surface area contributed by atoms with Gasteiger partial charge in [-0.2, -0.15) is 0 Å². The van der Waals surface area contributed by atoms with Crippen LogP contribution >= 0.6 is 0 Å². The molecule has 0 bridgehead atoms. The van der Waals surface area contributed by atoms with Crippen LogP contribution in [-0.4, -0.2) is 36.2 Å². The number of hydrogen-bond donors (Lipinski definition) is 0. The van der Waals surface area contributed by atoms with Gasteiger partial charge in [-0.05, 0) is 50.9 Å². The minimum absolute atomic E-state index is 0.199. The highest BCUT2D eigenvalue weighted by Gasteiger charge is 2.21. The van der Waals surface area contributed by atoms with Gasteiger partial charge >= 0.3 is 0 Å². The van der Waals surface area contributed by atoms with Crippen LogP contribution in [0.25, 0.3) is 0 Å². The van der Waals surface area contributed by atoms with Crippen molar-refractivity contribution in [3.8, 4) is 0 Å². The van der Waals surface area contributed by atoms with Gasteiger partial charge in [0.2, 0.25) is 0 Å². The van der Waals surface area contributed by atoms with Crippen LogP contribution in [-0.2, 0) is 8.23 Å². The molecule has 0 aliphatic heterocycles. The van der Waals surface area contributed by atoms with Crippen LogP contribution in [0.2, 0.25) is 50.9 Å². The molecule has 0 amide bonds. The van der Waals surface area contributed by atoms with Crippen molar-refractivity contribution in [2.75, 3.05) is 0 Å². The van der Waals surface area contributed by atoms with Crippen LogP contribution in [0.5, 0.6) is 0 Å². The highest BCUT2D eigenvalue weighted by atomic mass is 28.4. The van der Waals surface area contributed by atoms with E-state index in [0.29, 0.717) is 0 Å². The molecule has 0 saturated carbocycles. The molecule has 0 aliphatic rings. The van der Waals surface area contributed by atoms with Crippen molar-refractivity contribution in [1.82, 2.24) is 0 Å². The summed E-state index contributed by atoms with van der Waals surface area (Å²) in [5.74, 6) is 0. The lowest BCUT2D eigenvalue weighted by Gasteiger charge is -2.24. The molecule has 0 aliphatic carbocycles. The molecular formula is C9H28O2Si4. The summed E-state index contributed by atoms with van der Waals surface area (Å²) in [6.45, 7) is 13.8. The molecule has 0 saturated heterocycles. The van der Waals surface area contributed by atoms with E-state index in [1.54, 1.807) is 0 Å². The quantitative estimate of drug-likeness (QED) is 0.501. The Morgan fingerprint density at radius 1 is 0.933 bits per heavy atom. The van der Waals surface area contributed by atoms with Gasteiger partial charge in [0, 0.05) is 0 Å². The van der Waals surface area contributed by atoms with Gasteiger partial charge in [-0.25, -0.2) is 0 Å². The van der Waals surface area contributed by atoms with E-state index in [2.05, 4.69) is 39.7 Å². The third-order valence-electron chi connectivity index (χ3n) is 2.16. The molecule has 15 heavy (non-hydrogen) atoms. The second kappa shape index (κ2) is 7.18. The summed E-state index contributed by atoms with van der Waals surface area (Å²) >= 11 is 0. The molecule has 0 heterocycles. The van der Waals surface area contributed by atoms with E-state index in [9.17, 15) is 0 Å². The Labute approximate surface area is 102 Å². The van der Waals surface area contributed by atoms with Crippen LogP contribution in [0.15, 0.2) is 0 Å². The Hall–Kier alpha value is 0.788. The van der Waals surface area contributed by atoms with E-state index in [1.165, 1.54) is 18.1 Å². The average Bonchev–Trinajstić information content (AvgIpc) is 2.08. The SMILES string of the molecule is CC[SiH2]O[Si](C)(C)CC[SiH2]O[Si](C)(C)C. The standard InChI is InChI=1S/C9H28O2Si4/c1-7-12-11-15(5,6)9-8-13-10-14(2,3)4/h7-9,12-13H2,1-6H3. The van der Waals surface area contributed by atoms with Gasteiger partial charge < -0.3 is 8.23 Å². The van der Waals surface area contributed by atoms with Crippen molar-refractivity contribution in [1.29, 1.82) is 0 Å². The van der Waals surface area contributed by atoms with Gasteiger partial charge in [0.25, 0.3) is 0 Å². The Morgan fingerprint density at radius 2 is 1.53 bits per heavy atom.